The first-order valence-corrected chi connectivity index (χ1v) is 11.7. The molecule has 28 heavy (non-hydrogen) atoms. The number of anilines is 1. The highest BCUT2D eigenvalue weighted by molar-refractivity contribution is 7.91. The fraction of sp³-hybridized carbons (Fsp3) is 0.389. The van der Waals surface area contributed by atoms with Crippen LogP contribution < -0.4 is 4.90 Å². The SMILES string of the molecule is CCn1nccc1C(=O)N1CCN(c2nc3c(S(C)(=O)=O)cccc3s2)CC1. The molecular formula is C18H21N5O3S2. The van der Waals surface area contributed by atoms with E-state index in [1.54, 1.807) is 29.1 Å². The molecule has 4 rings (SSSR count). The number of sulfone groups is 1. The molecule has 0 unspecified atom stereocenters. The molecule has 148 valence electrons. The minimum absolute atomic E-state index is 0.0114. The Labute approximate surface area is 167 Å². The summed E-state index contributed by atoms with van der Waals surface area (Å²) in [5.74, 6) is -0.0114. The number of fused-ring (bicyclic) bond motifs is 1. The number of carbonyl (C=O) groups is 1. The van der Waals surface area contributed by atoms with Crippen molar-refractivity contribution in [1.82, 2.24) is 19.7 Å². The number of carbonyl (C=O) groups excluding carboxylic acids is 1. The van der Waals surface area contributed by atoms with Crippen LogP contribution in [-0.4, -0.2) is 66.4 Å². The van der Waals surface area contributed by atoms with Gasteiger partial charge in [0.1, 0.15) is 11.2 Å². The maximum absolute atomic E-state index is 12.7. The van der Waals surface area contributed by atoms with Gasteiger partial charge in [-0.2, -0.15) is 5.10 Å². The van der Waals surface area contributed by atoms with Crippen molar-refractivity contribution in [2.75, 3.05) is 37.3 Å². The van der Waals surface area contributed by atoms with Crippen LogP contribution in [0.1, 0.15) is 17.4 Å². The van der Waals surface area contributed by atoms with Gasteiger partial charge in [-0.05, 0) is 25.1 Å². The van der Waals surface area contributed by atoms with Gasteiger partial charge in [-0.25, -0.2) is 13.4 Å². The van der Waals surface area contributed by atoms with Crippen molar-refractivity contribution in [3.8, 4) is 0 Å². The predicted octanol–water partition coefficient (Wildman–Crippen LogP) is 1.88. The maximum Gasteiger partial charge on any atom is 0.272 e. The van der Waals surface area contributed by atoms with E-state index in [1.807, 2.05) is 17.9 Å². The van der Waals surface area contributed by atoms with Gasteiger partial charge in [0.05, 0.1) is 9.60 Å². The van der Waals surface area contributed by atoms with Gasteiger partial charge in [0, 0.05) is 45.2 Å². The number of aryl methyl sites for hydroxylation is 1. The Kier molecular flexibility index (Phi) is 4.84. The van der Waals surface area contributed by atoms with E-state index in [-0.39, 0.29) is 10.8 Å². The summed E-state index contributed by atoms with van der Waals surface area (Å²) in [5.41, 5.74) is 1.13. The van der Waals surface area contributed by atoms with Crippen molar-refractivity contribution in [3.05, 3.63) is 36.2 Å². The summed E-state index contributed by atoms with van der Waals surface area (Å²) in [4.78, 5) is 21.5. The van der Waals surface area contributed by atoms with E-state index >= 15 is 0 Å². The Bertz CT molecular complexity index is 1130. The topological polar surface area (TPSA) is 88.4 Å². The summed E-state index contributed by atoms with van der Waals surface area (Å²) in [5, 5.41) is 4.96. The molecule has 1 aliphatic rings. The van der Waals surface area contributed by atoms with Crippen molar-refractivity contribution in [1.29, 1.82) is 0 Å². The Morgan fingerprint density at radius 1 is 1.18 bits per heavy atom. The second kappa shape index (κ2) is 7.17. The number of benzene rings is 1. The number of thiazole rings is 1. The fourth-order valence-electron chi connectivity index (χ4n) is 3.38. The lowest BCUT2D eigenvalue weighted by atomic mass is 10.3. The largest absolute Gasteiger partial charge is 0.345 e. The van der Waals surface area contributed by atoms with Gasteiger partial charge in [0.15, 0.2) is 15.0 Å². The minimum Gasteiger partial charge on any atom is -0.345 e. The molecule has 3 aromatic rings. The van der Waals surface area contributed by atoms with Crippen LogP contribution in [0.5, 0.6) is 0 Å². The number of para-hydroxylation sites is 1. The molecule has 3 heterocycles. The highest BCUT2D eigenvalue weighted by Crippen LogP contribution is 2.33. The summed E-state index contributed by atoms with van der Waals surface area (Å²) < 4.78 is 26.6. The summed E-state index contributed by atoms with van der Waals surface area (Å²) in [7, 11) is -3.33. The fourth-order valence-corrected chi connectivity index (χ4v) is 5.32. The van der Waals surface area contributed by atoms with Crippen LogP contribution >= 0.6 is 11.3 Å². The standard InChI is InChI=1S/C18H21N5O3S2/c1-3-23-13(7-8-19-23)17(24)21-9-11-22(12-10-21)18-20-16-14(27-18)5-4-6-15(16)28(2,25)26/h4-8H,3,9-12H2,1-2H3. The summed E-state index contributed by atoms with van der Waals surface area (Å²) in [6, 6.07) is 6.97. The number of rotatable bonds is 4. The Morgan fingerprint density at radius 3 is 2.61 bits per heavy atom. The Morgan fingerprint density at radius 2 is 1.93 bits per heavy atom. The number of aromatic nitrogens is 3. The number of piperazine rings is 1. The molecule has 10 heteroatoms. The van der Waals surface area contributed by atoms with Crippen LogP contribution in [0.15, 0.2) is 35.4 Å². The average Bonchev–Trinajstić information content (AvgIpc) is 3.33. The summed E-state index contributed by atoms with van der Waals surface area (Å²) in [6.07, 6.45) is 2.85. The third-order valence-electron chi connectivity index (χ3n) is 4.84. The molecule has 8 nitrogen and oxygen atoms in total. The molecule has 1 amide bonds. The van der Waals surface area contributed by atoms with Gasteiger partial charge in [-0.1, -0.05) is 17.4 Å². The molecule has 0 bridgehead atoms. The van der Waals surface area contributed by atoms with E-state index < -0.39 is 9.84 Å². The van der Waals surface area contributed by atoms with Crippen LogP contribution in [0.4, 0.5) is 5.13 Å². The highest BCUT2D eigenvalue weighted by atomic mass is 32.2. The zero-order valence-corrected chi connectivity index (χ0v) is 17.3. The molecule has 1 aliphatic heterocycles. The molecule has 0 N–H and O–H groups in total. The molecule has 0 radical (unpaired) electrons. The lowest BCUT2D eigenvalue weighted by Gasteiger charge is -2.34. The molecule has 1 fully saturated rings. The molecule has 0 atom stereocenters. The van der Waals surface area contributed by atoms with E-state index in [4.69, 9.17) is 0 Å². The minimum atomic E-state index is -3.33. The van der Waals surface area contributed by atoms with Gasteiger partial charge in [-0.3, -0.25) is 9.48 Å². The Hall–Kier alpha value is -2.46. The molecule has 1 saturated heterocycles. The molecule has 1 aromatic carbocycles. The maximum atomic E-state index is 12.7. The van der Waals surface area contributed by atoms with E-state index in [1.165, 1.54) is 17.6 Å². The highest BCUT2D eigenvalue weighted by Gasteiger charge is 2.26. The number of nitrogens with zero attached hydrogens (tertiary/aromatic N) is 5. The van der Waals surface area contributed by atoms with Gasteiger partial charge >= 0.3 is 0 Å². The van der Waals surface area contributed by atoms with Gasteiger partial charge in [-0.15, -0.1) is 0 Å². The molecule has 0 spiro atoms. The van der Waals surface area contributed by atoms with Crippen molar-refractivity contribution < 1.29 is 13.2 Å². The van der Waals surface area contributed by atoms with Crippen molar-refractivity contribution in [3.63, 3.8) is 0 Å². The van der Waals surface area contributed by atoms with Gasteiger partial charge in [0.25, 0.3) is 5.91 Å². The normalized spacial score (nSPS) is 15.4. The van der Waals surface area contributed by atoms with Gasteiger partial charge < -0.3 is 9.80 Å². The van der Waals surface area contributed by atoms with Crippen molar-refractivity contribution in [2.45, 2.75) is 18.4 Å². The van der Waals surface area contributed by atoms with E-state index in [2.05, 4.69) is 15.0 Å². The van der Waals surface area contributed by atoms with E-state index in [0.29, 0.717) is 43.9 Å². The third kappa shape index (κ3) is 3.37. The number of hydrogen-bond acceptors (Lipinski definition) is 7. The van der Waals surface area contributed by atoms with Crippen LogP contribution in [0.3, 0.4) is 0 Å². The molecular weight excluding hydrogens is 398 g/mol. The lowest BCUT2D eigenvalue weighted by Crippen LogP contribution is -2.49. The van der Waals surface area contributed by atoms with Gasteiger partial charge in [0.2, 0.25) is 0 Å². The average molecular weight is 420 g/mol. The third-order valence-corrected chi connectivity index (χ3v) is 7.05. The number of amides is 1. The second-order valence-electron chi connectivity index (χ2n) is 6.68. The van der Waals surface area contributed by atoms with Crippen LogP contribution in [0.25, 0.3) is 10.2 Å². The quantitative estimate of drug-likeness (QED) is 0.642. The molecule has 2 aromatic heterocycles. The zero-order valence-electron chi connectivity index (χ0n) is 15.7. The number of hydrogen-bond donors (Lipinski definition) is 0. The van der Waals surface area contributed by atoms with E-state index in [0.717, 1.165) is 9.83 Å². The molecule has 0 aliphatic carbocycles. The first-order valence-electron chi connectivity index (χ1n) is 9.04. The first-order chi connectivity index (χ1) is 13.4. The van der Waals surface area contributed by atoms with Crippen LogP contribution in [0, 0.1) is 0 Å². The first kappa shape index (κ1) is 18.9. The molecule has 0 saturated carbocycles. The Balaban J connectivity index is 1.52. The van der Waals surface area contributed by atoms with E-state index in [9.17, 15) is 13.2 Å². The predicted molar refractivity (Wildman–Crippen MR) is 109 cm³/mol. The van der Waals surface area contributed by atoms with Crippen LogP contribution in [0.2, 0.25) is 0 Å². The lowest BCUT2D eigenvalue weighted by molar-refractivity contribution is 0.0734. The smallest absolute Gasteiger partial charge is 0.272 e. The van der Waals surface area contributed by atoms with Crippen molar-refractivity contribution >= 4 is 42.4 Å². The van der Waals surface area contributed by atoms with Crippen LogP contribution in [-0.2, 0) is 16.4 Å². The summed E-state index contributed by atoms with van der Waals surface area (Å²) in [6.45, 7) is 5.09. The van der Waals surface area contributed by atoms with Crippen molar-refractivity contribution in [2.24, 2.45) is 0 Å². The monoisotopic (exact) mass is 419 g/mol. The zero-order chi connectivity index (χ0) is 19.9. The second-order valence-corrected chi connectivity index (χ2v) is 9.68. The summed E-state index contributed by atoms with van der Waals surface area (Å²) >= 11 is 1.48.